The van der Waals surface area contributed by atoms with Crippen molar-refractivity contribution in [3.63, 3.8) is 0 Å². The fraction of sp³-hybridized carbons (Fsp3) is 0.667. The molecular weight excluding hydrogens is 116 g/mol. The van der Waals surface area contributed by atoms with Crippen LogP contribution in [0.4, 0.5) is 0 Å². The standard InChI is InChI=1S/C6H10N2O/c1-5-3-6(4-9-2)8-7-5/h3,5H,4H2,1-2H3. The van der Waals surface area contributed by atoms with Gasteiger partial charge in [0, 0.05) is 7.11 Å². The Hall–Kier alpha value is -0.700. The molecule has 0 aromatic carbocycles. The van der Waals surface area contributed by atoms with Crippen LogP contribution < -0.4 is 0 Å². The Morgan fingerprint density at radius 1 is 1.78 bits per heavy atom. The average molecular weight is 126 g/mol. The van der Waals surface area contributed by atoms with Crippen molar-refractivity contribution in [2.24, 2.45) is 10.2 Å². The molecule has 0 spiro atoms. The Kier molecular flexibility index (Phi) is 1.95. The fourth-order valence-corrected chi connectivity index (χ4v) is 0.735. The van der Waals surface area contributed by atoms with Crippen LogP contribution in [-0.2, 0) is 4.74 Å². The minimum atomic E-state index is 0.246. The number of nitrogens with zero attached hydrogens (tertiary/aromatic N) is 2. The van der Waals surface area contributed by atoms with E-state index in [0.717, 1.165) is 5.70 Å². The third kappa shape index (κ3) is 1.61. The summed E-state index contributed by atoms with van der Waals surface area (Å²) in [5, 5.41) is 7.76. The van der Waals surface area contributed by atoms with E-state index in [9.17, 15) is 0 Å². The first-order valence-electron chi connectivity index (χ1n) is 2.93. The van der Waals surface area contributed by atoms with Crippen LogP contribution in [0.25, 0.3) is 0 Å². The highest BCUT2D eigenvalue weighted by Crippen LogP contribution is 2.11. The van der Waals surface area contributed by atoms with Crippen molar-refractivity contribution in [2.45, 2.75) is 13.0 Å². The van der Waals surface area contributed by atoms with Gasteiger partial charge in [0.15, 0.2) is 0 Å². The first-order chi connectivity index (χ1) is 4.33. The highest BCUT2D eigenvalue weighted by Gasteiger charge is 2.05. The van der Waals surface area contributed by atoms with E-state index in [4.69, 9.17) is 4.74 Å². The van der Waals surface area contributed by atoms with Crippen molar-refractivity contribution in [1.29, 1.82) is 0 Å². The molecule has 1 atom stereocenters. The van der Waals surface area contributed by atoms with Crippen LogP contribution in [0.3, 0.4) is 0 Å². The van der Waals surface area contributed by atoms with Gasteiger partial charge in [-0.3, -0.25) is 0 Å². The van der Waals surface area contributed by atoms with E-state index >= 15 is 0 Å². The smallest absolute Gasteiger partial charge is 0.0900 e. The normalized spacial score (nSPS) is 24.7. The predicted octanol–water partition coefficient (Wildman–Crippen LogP) is 1.37. The number of rotatable bonds is 2. The number of azo groups is 1. The molecule has 1 heterocycles. The van der Waals surface area contributed by atoms with Gasteiger partial charge in [-0.1, -0.05) is 0 Å². The number of hydrogen-bond acceptors (Lipinski definition) is 3. The number of ether oxygens (including phenoxy) is 1. The fourth-order valence-electron chi connectivity index (χ4n) is 0.735. The van der Waals surface area contributed by atoms with Gasteiger partial charge in [-0.15, -0.1) is 0 Å². The molecule has 9 heavy (non-hydrogen) atoms. The second-order valence-corrected chi connectivity index (χ2v) is 2.05. The molecule has 1 aliphatic heterocycles. The van der Waals surface area contributed by atoms with Gasteiger partial charge in [0.1, 0.15) is 0 Å². The number of hydrogen-bond donors (Lipinski definition) is 0. The lowest BCUT2D eigenvalue weighted by Gasteiger charge is -1.90. The molecule has 0 aromatic rings. The Bertz CT molecular complexity index is 151. The molecule has 0 saturated heterocycles. The predicted molar refractivity (Wildman–Crippen MR) is 34.3 cm³/mol. The lowest BCUT2D eigenvalue weighted by molar-refractivity contribution is 0.225. The molecule has 50 valence electrons. The van der Waals surface area contributed by atoms with Gasteiger partial charge in [-0.2, -0.15) is 10.2 Å². The topological polar surface area (TPSA) is 34.0 Å². The van der Waals surface area contributed by atoms with Gasteiger partial charge in [0.2, 0.25) is 0 Å². The SMILES string of the molecule is COCC1=CC(C)N=N1. The summed E-state index contributed by atoms with van der Waals surface area (Å²) in [6, 6.07) is 0.246. The summed E-state index contributed by atoms with van der Waals surface area (Å²) in [7, 11) is 1.65. The molecule has 3 nitrogen and oxygen atoms in total. The minimum absolute atomic E-state index is 0.246. The molecule has 0 aromatic heterocycles. The minimum Gasteiger partial charge on any atom is -0.378 e. The van der Waals surface area contributed by atoms with Crippen LogP contribution in [0.15, 0.2) is 22.0 Å². The Morgan fingerprint density at radius 2 is 2.56 bits per heavy atom. The Balaban J connectivity index is 2.44. The van der Waals surface area contributed by atoms with Crippen molar-refractivity contribution >= 4 is 0 Å². The molecule has 0 saturated carbocycles. The van der Waals surface area contributed by atoms with Crippen LogP contribution in [0, 0.1) is 0 Å². The van der Waals surface area contributed by atoms with Gasteiger partial charge < -0.3 is 4.74 Å². The van der Waals surface area contributed by atoms with Crippen LogP contribution in [-0.4, -0.2) is 19.8 Å². The second-order valence-electron chi connectivity index (χ2n) is 2.05. The quantitative estimate of drug-likeness (QED) is 0.550. The lowest BCUT2D eigenvalue weighted by atomic mass is 10.3. The van der Waals surface area contributed by atoms with Crippen molar-refractivity contribution in [3.05, 3.63) is 11.8 Å². The summed E-state index contributed by atoms with van der Waals surface area (Å²) < 4.78 is 4.85. The number of methoxy groups -OCH3 is 1. The monoisotopic (exact) mass is 126 g/mol. The summed E-state index contributed by atoms with van der Waals surface area (Å²) in [6.45, 7) is 2.57. The van der Waals surface area contributed by atoms with E-state index in [1.54, 1.807) is 7.11 Å². The van der Waals surface area contributed by atoms with Crippen molar-refractivity contribution in [2.75, 3.05) is 13.7 Å². The van der Waals surface area contributed by atoms with E-state index in [0.29, 0.717) is 6.61 Å². The van der Waals surface area contributed by atoms with E-state index in [-0.39, 0.29) is 6.04 Å². The van der Waals surface area contributed by atoms with Crippen molar-refractivity contribution in [3.8, 4) is 0 Å². The molecule has 1 rings (SSSR count). The largest absolute Gasteiger partial charge is 0.378 e. The van der Waals surface area contributed by atoms with Crippen LogP contribution in [0.1, 0.15) is 6.92 Å². The zero-order valence-corrected chi connectivity index (χ0v) is 5.66. The Labute approximate surface area is 54.4 Å². The zero-order chi connectivity index (χ0) is 6.69. The van der Waals surface area contributed by atoms with Gasteiger partial charge in [-0.25, -0.2) is 0 Å². The molecule has 0 amide bonds. The van der Waals surface area contributed by atoms with Crippen LogP contribution in [0.5, 0.6) is 0 Å². The van der Waals surface area contributed by atoms with Gasteiger partial charge in [-0.05, 0) is 13.0 Å². The first-order valence-corrected chi connectivity index (χ1v) is 2.93. The highest BCUT2D eigenvalue weighted by atomic mass is 16.5. The van der Waals surface area contributed by atoms with Crippen molar-refractivity contribution in [1.82, 2.24) is 0 Å². The summed E-state index contributed by atoms with van der Waals surface area (Å²) in [5.41, 5.74) is 0.935. The van der Waals surface area contributed by atoms with E-state index in [1.165, 1.54) is 0 Å². The molecule has 0 N–H and O–H groups in total. The summed E-state index contributed by atoms with van der Waals surface area (Å²) in [4.78, 5) is 0. The van der Waals surface area contributed by atoms with Crippen LogP contribution >= 0.6 is 0 Å². The van der Waals surface area contributed by atoms with Gasteiger partial charge >= 0.3 is 0 Å². The van der Waals surface area contributed by atoms with Gasteiger partial charge in [0.05, 0.1) is 18.3 Å². The zero-order valence-electron chi connectivity index (χ0n) is 5.66. The molecular formula is C6H10N2O. The summed E-state index contributed by atoms with van der Waals surface area (Å²) >= 11 is 0. The van der Waals surface area contributed by atoms with Crippen molar-refractivity contribution < 1.29 is 4.74 Å². The molecule has 0 radical (unpaired) electrons. The maximum absolute atomic E-state index is 4.85. The molecule has 0 aliphatic carbocycles. The highest BCUT2D eigenvalue weighted by molar-refractivity contribution is 5.08. The lowest BCUT2D eigenvalue weighted by Crippen LogP contribution is -1.90. The maximum atomic E-state index is 4.85. The van der Waals surface area contributed by atoms with E-state index in [1.807, 2.05) is 13.0 Å². The second kappa shape index (κ2) is 2.73. The third-order valence-corrected chi connectivity index (χ3v) is 1.09. The van der Waals surface area contributed by atoms with Gasteiger partial charge in [0.25, 0.3) is 0 Å². The van der Waals surface area contributed by atoms with E-state index in [2.05, 4.69) is 10.2 Å². The van der Waals surface area contributed by atoms with Crippen LogP contribution in [0.2, 0.25) is 0 Å². The maximum Gasteiger partial charge on any atom is 0.0900 e. The molecule has 0 bridgehead atoms. The third-order valence-electron chi connectivity index (χ3n) is 1.09. The molecule has 1 aliphatic rings. The molecule has 0 fully saturated rings. The summed E-state index contributed by atoms with van der Waals surface area (Å²) in [5.74, 6) is 0. The van der Waals surface area contributed by atoms with E-state index < -0.39 is 0 Å². The molecule has 3 heteroatoms. The Morgan fingerprint density at radius 3 is 3.00 bits per heavy atom. The molecule has 1 unspecified atom stereocenters. The summed E-state index contributed by atoms with van der Waals surface area (Å²) in [6.07, 6.45) is 1.99. The first kappa shape index (κ1) is 6.42. The average Bonchev–Trinajstić information content (AvgIpc) is 2.17.